The highest BCUT2D eigenvalue weighted by atomic mass is 19.4. The molecule has 0 radical (unpaired) electrons. The van der Waals surface area contributed by atoms with Crippen LogP contribution in [0.15, 0.2) is 42.6 Å². The number of hydrogen-bond donors (Lipinski definition) is 1. The summed E-state index contributed by atoms with van der Waals surface area (Å²) in [5.41, 5.74) is 7.56. The zero-order valence-electron chi connectivity index (χ0n) is 18.0. The van der Waals surface area contributed by atoms with Crippen molar-refractivity contribution in [1.29, 1.82) is 0 Å². The van der Waals surface area contributed by atoms with E-state index in [2.05, 4.69) is 9.97 Å². The second-order valence-corrected chi connectivity index (χ2v) is 8.38. The highest BCUT2D eigenvalue weighted by Crippen LogP contribution is 2.38. The Morgan fingerprint density at radius 3 is 2.56 bits per heavy atom. The lowest BCUT2D eigenvalue weighted by Gasteiger charge is -2.31. The molecule has 8 heteroatoms. The molecule has 32 heavy (non-hydrogen) atoms. The number of nitrogen functional groups attached to an aromatic ring is 1. The summed E-state index contributed by atoms with van der Waals surface area (Å²) >= 11 is 0. The van der Waals surface area contributed by atoms with Crippen molar-refractivity contribution in [2.75, 3.05) is 5.73 Å². The zero-order valence-corrected chi connectivity index (χ0v) is 18.0. The zero-order chi connectivity index (χ0) is 23.0. The number of anilines is 1. The third-order valence-electron chi connectivity index (χ3n) is 6.02. The van der Waals surface area contributed by atoms with Gasteiger partial charge in [0.1, 0.15) is 5.82 Å². The van der Waals surface area contributed by atoms with Gasteiger partial charge in [-0.1, -0.05) is 6.92 Å². The smallest absolute Gasteiger partial charge is 0.383 e. The predicted molar refractivity (Wildman–Crippen MR) is 117 cm³/mol. The molecule has 2 aromatic heterocycles. The van der Waals surface area contributed by atoms with Gasteiger partial charge in [0, 0.05) is 23.2 Å². The molecule has 0 spiro atoms. The molecule has 5 nitrogen and oxygen atoms in total. The highest BCUT2D eigenvalue weighted by Gasteiger charge is 2.37. The largest absolute Gasteiger partial charge is 0.417 e. The molecule has 4 rings (SSSR count). The fraction of sp³-hybridized carbons (Fsp3) is 0.375. The van der Waals surface area contributed by atoms with Crippen molar-refractivity contribution in [2.24, 2.45) is 5.92 Å². The normalized spacial score (nSPS) is 15.0. The van der Waals surface area contributed by atoms with E-state index in [-0.39, 0.29) is 18.5 Å². The number of amides is 1. The van der Waals surface area contributed by atoms with Crippen LogP contribution in [0.3, 0.4) is 0 Å². The van der Waals surface area contributed by atoms with Gasteiger partial charge in [0.25, 0.3) is 5.91 Å². The van der Waals surface area contributed by atoms with E-state index in [1.165, 1.54) is 6.07 Å². The summed E-state index contributed by atoms with van der Waals surface area (Å²) in [7, 11) is 0. The van der Waals surface area contributed by atoms with Gasteiger partial charge in [-0.2, -0.15) is 13.2 Å². The summed E-state index contributed by atoms with van der Waals surface area (Å²) in [5, 5.41) is 0.814. The second kappa shape index (κ2) is 8.41. The van der Waals surface area contributed by atoms with Gasteiger partial charge in [-0.25, -0.2) is 4.98 Å². The summed E-state index contributed by atoms with van der Waals surface area (Å²) < 4.78 is 38.7. The summed E-state index contributed by atoms with van der Waals surface area (Å²) in [6, 6.07) is 9.55. The number of benzene rings is 1. The predicted octanol–water partition coefficient (Wildman–Crippen LogP) is 5.37. The van der Waals surface area contributed by atoms with Gasteiger partial charge in [-0.05, 0) is 74.1 Å². The van der Waals surface area contributed by atoms with Crippen molar-refractivity contribution < 1.29 is 18.0 Å². The lowest BCUT2D eigenvalue weighted by molar-refractivity contribution is -0.137. The van der Waals surface area contributed by atoms with Crippen LogP contribution in [0.2, 0.25) is 0 Å². The minimum absolute atomic E-state index is 0.00793. The first-order valence-electron chi connectivity index (χ1n) is 10.7. The minimum atomic E-state index is -4.44. The van der Waals surface area contributed by atoms with Gasteiger partial charge >= 0.3 is 6.18 Å². The van der Waals surface area contributed by atoms with Gasteiger partial charge < -0.3 is 10.6 Å². The Hall–Kier alpha value is -3.16. The van der Waals surface area contributed by atoms with E-state index in [9.17, 15) is 18.0 Å². The Morgan fingerprint density at radius 2 is 1.97 bits per heavy atom. The lowest BCUT2D eigenvalue weighted by Crippen LogP contribution is -2.41. The van der Waals surface area contributed by atoms with E-state index >= 15 is 0 Å². The lowest BCUT2D eigenvalue weighted by atomic mass is 10.0. The van der Waals surface area contributed by atoms with Crippen LogP contribution in [0.4, 0.5) is 19.0 Å². The SMILES string of the molecule is CCC(C1CC1)N(Cc1ccc(C(F)(F)F)cn1)C(=O)c1ccc2nc(N)c(C)cc2c1. The maximum Gasteiger partial charge on any atom is 0.417 e. The van der Waals surface area contributed by atoms with Crippen LogP contribution in [-0.4, -0.2) is 26.8 Å². The van der Waals surface area contributed by atoms with Gasteiger partial charge in [-0.3, -0.25) is 9.78 Å². The summed E-state index contributed by atoms with van der Waals surface area (Å²) in [5.74, 6) is 0.691. The fourth-order valence-electron chi connectivity index (χ4n) is 4.09. The number of carbonyl (C=O) groups is 1. The highest BCUT2D eigenvalue weighted by molar-refractivity contribution is 5.98. The molecule has 2 heterocycles. The van der Waals surface area contributed by atoms with Gasteiger partial charge in [0.2, 0.25) is 0 Å². The van der Waals surface area contributed by atoms with Crippen molar-refractivity contribution in [3.63, 3.8) is 0 Å². The van der Waals surface area contributed by atoms with Gasteiger partial charge in [0.05, 0.1) is 23.3 Å². The Kier molecular flexibility index (Phi) is 5.79. The Labute approximate surface area is 184 Å². The number of rotatable bonds is 6. The van der Waals surface area contributed by atoms with Gasteiger partial charge in [0.15, 0.2) is 0 Å². The van der Waals surface area contributed by atoms with Crippen LogP contribution < -0.4 is 5.73 Å². The number of nitrogens with two attached hydrogens (primary N) is 1. The van der Waals surface area contributed by atoms with E-state index in [4.69, 9.17) is 5.73 Å². The van der Waals surface area contributed by atoms with Crippen LogP contribution in [0.1, 0.15) is 53.4 Å². The molecular weight excluding hydrogens is 417 g/mol. The van der Waals surface area contributed by atoms with Crippen molar-refractivity contribution >= 4 is 22.6 Å². The Balaban J connectivity index is 1.66. The minimum Gasteiger partial charge on any atom is -0.383 e. The summed E-state index contributed by atoms with van der Waals surface area (Å²) in [4.78, 5) is 23.7. The molecule has 1 unspecified atom stereocenters. The van der Waals surface area contributed by atoms with Crippen LogP contribution in [-0.2, 0) is 12.7 Å². The molecule has 3 aromatic rings. The Bertz CT molecular complexity index is 1140. The monoisotopic (exact) mass is 442 g/mol. The third-order valence-corrected chi connectivity index (χ3v) is 6.02. The molecule has 1 amide bonds. The third kappa shape index (κ3) is 4.54. The topological polar surface area (TPSA) is 72.1 Å². The molecule has 2 N–H and O–H groups in total. The van der Waals surface area contributed by atoms with E-state index in [0.717, 1.165) is 42.5 Å². The van der Waals surface area contributed by atoms with E-state index in [0.29, 0.717) is 28.5 Å². The summed E-state index contributed by atoms with van der Waals surface area (Å²) in [6.07, 6.45) is -0.764. The Morgan fingerprint density at radius 1 is 1.22 bits per heavy atom. The van der Waals surface area contributed by atoms with Crippen LogP contribution in [0.25, 0.3) is 10.9 Å². The van der Waals surface area contributed by atoms with Crippen LogP contribution in [0, 0.1) is 12.8 Å². The molecule has 1 aromatic carbocycles. The number of aromatic nitrogens is 2. The molecule has 0 aliphatic heterocycles. The number of carbonyl (C=O) groups excluding carboxylic acids is 1. The first-order chi connectivity index (χ1) is 15.2. The molecule has 168 valence electrons. The van der Waals surface area contributed by atoms with Gasteiger partial charge in [-0.15, -0.1) is 0 Å². The number of hydrogen-bond acceptors (Lipinski definition) is 4. The van der Waals surface area contributed by atoms with E-state index in [1.54, 1.807) is 23.1 Å². The van der Waals surface area contributed by atoms with Crippen molar-refractivity contribution in [1.82, 2.24) is 14.9 Å². The second-order valence-electron chi connectivity index (χ2n) is 8.38. The number of halogens is 3. The quantitative estimate of drug-likeness (QED) is 0.557. The number of pyridine rings is 2. The van der Waals surface area contributed by atoms with Crippen molar-refractivity contribution in [2.45, 2.75) is 51.9 Å². The summed E-state index contributed by atoms with van der Waals surface area (Å²) in [6.45, 7) is 4.04. The van der Waals surface area contributed by atoms with Crippen LogP contribution in [0.5, 0.6) is 0 Å². The molecule has 1 aliphatic carbocycles. The molecule has 1 fully saturated rings. The maximum absolute atomic E-state index is 13.6. The standard InChI is InChI=1S/C24H25F3N4O/c1-3-21(15-4-5-15)31(13-19-8-7-18(12-29-19)24(25,26)27)23(32)16-6-9-20-17(11-16)10-14(2)22(28)30-20/h6-12,15,21H,3-5,13H2,1-2H3,(H2,28,30). The van der Waals surface area contributed by atoms with Crippen LogP contribution >= 0.6 is 0 Å². The molecule has 1 atom stereocenters. The molecule has 1 saturated carbocycles. The molecule has 0 saturated heterocycles. The van der Waals surface area contributed by atoms with E-state index in [1.807, 2.05) is 19.9 Å². The number of fused-ring (bicyclic) bond motifs is 1. The first-order valence-corrected chi connectivity index (χ1v) is 10.7. The maximum atomic E-state index is 13.6. The number of alkyl halides is 3. The molecule has 1 aliphatic rings. The van der Waals surface area contributed by atoms with Crippen molar-refractivity contribution in [3.8, 4) is 0 Å². The van der Waals surface area contributed by atoms with Crippen molar-refractivity contribution in [3.05, 3.63) is 65.0 Å². The molecule has 0 bridgehead atoms. The first kappa shape index (κ1) is 22.0. The number of aryl methyl sites for hydroxylation is 1. The molecular formula is C24H25F3N4O. The van der Waals surface area contributed by atoms with E-state index < -0.39 is 11.7 Å². The fourth-order valence-corrected chi connectivity index (χ4v) is 4.09. The average molecular weight is 442 g/mol. The average Bonchev–Trinajstić information content (AvgIpc) is 3.58. The number of nitrogens with zero attached hydrogens (tertiary/aromatic N) is 3.